The van der Waals surface area contributed by atoms with Crippen molar-refractivity contribution in [3.05, 3.63) is 63.5 Å². The highest BCUT2D eigenvalue weighted by Crippen LogP contribution is 2.39. The Morgan fingerprint density at radius 3 is 2.77 bits per heavy atom. The average Bonchev–Trinajstić information content (AvgIpc) is 3.11. The van der Waals surface area contributed by atoms with Crippen LogP contribution < -0.4 is 5.32 Å². The number of hydrogen-bond donors (Lipinski definition) is 2. The molecule has 4 nitrogen and oxygen atoms in total. The van der Waals surface area contributed by atoms with Crippen LogP contribution in [-0.2, 0) is 0 Å². The number of aromatic nitrogens is 1. The molecule has 6 heteroatoms. The summed E-state index contributed by atoms with van der Waals surface area (Å²) in [5, 5.41) is 14.8. The largest absolute Gasteiger partial charge is 0.492 e. The molecule has 0 atom stereocenters. The third-order valence-corrected chi connectivity index (χ3v) is 5.35. The maximum atomic E-state index is 10.3. The molecule has 0 radical (unpaired) electrons. The molecule has 26 heavy (non-hydrogen) atoms. The van der Waals surface area contributed by atoms with Crippen molar-refractivity contribution in [2.24, 2.45) is 4.99 Å². The molecule has 0 saturated carbocycles. The number of anilines is 2. The first-order valence-corrected chi connectivity index (χ1v) is 9.30. The van der Waals surface area contributed by atoms with Crippen LogP contribution in [0.3, 0.4) is 0 Å². The SMILES string of the molecule is CC1=Nc2ccccc2C1=Cc1sc(Nc2ccc(Cl)cc2C)nc1O. The fraction of sp³-hybridized carbons (Fsp3) is 0.100. The fourth-order valence-corrected chi connectivity index (χ4v) is 3.94. The summed E-state index contributed by atoms with van der Waals surface area (Å²) in [6.07, 6.45) is 1.94. The van der Waals surface area contributed by atoms with Gasteiger partial charge in [-0.2, -0.15) is 4.98 Å². The van der Waals surface area contributed by atoms with Crippen LogP contribution in [0.15, 0.2) is 47.5 Å². The van der Waals surface area contributed by atoms with E-state index in [0.717, 1.165) is 33.8 Å². The number of aromatic hydroxyl groups is 1. The van der Waals surface area contributed by atoms with E-state index in [1.165, 1.54) is 11.3 Å². The molecule has 3 aromatic rings. The lowest BCUT2D eigenvalue weighted by atomic mass is 10.0. The van der Waals surface area contributed by atoms with Crippen LogP contribution in [0, 0.1) is 6.92 Å². The van der Waals surface area contributed by atoms with Crippen LogP contribution in [0.25, 0.3) is 11.6 Å². The third kappa shape index (κ3) is 3.11. The van der Waals surface area contributed by atoms with Crippen LogP contribution in [0.1, 0.15) is 22.9 Å². The number of halogens is 1. The van der Waals surface area contributed by atoms with Crippen molar-refractivity contribution in [1.29, 1.82) is 0 Å². The zero-order valence-corrected chi connectivity index (χ0v) is 15.8. The van der Waals surface area contributed by atoms with E-state index in [1.54, 1.807) is 0 Å². The number of thiazole rings is 1. The number of aliphatic imine (C=N–C) groups is 1. The summed E-state index contributed by atoms with van der Waals surface area (Å²) in [6, 6.07) is 13.6. The molecule has 1 aromatic heterocycles. The Morgan fingerprint density at radius 1 is 1.15 bits per heavy atom. The van der Waals surface area contributed by atoms with Gasteiger partial charge in [-0.1, -0.05) is 41.1 Å². The Hall–Kier alpha value is -2.63. The van der Waals surface area contributed by atoms with Crippen molar-refractivity contribution in [3.63, 3.8) is 0 Å². The van der Waals surface area contributed by atoms with Gasteiger partial charge in [-0.15, -0.1) is 0 Å². The zero-order chi connectivity index (χ0) is 18.3. The minimum absolute atomic E-state index is 0.00815. The number of aryl methyl sites for hydroxylation is 1. The molecule has 0 spiro atoms. The highest BCUT2D eigenvalue weighted by atomic mass is 35.5. The van der Waals surface area contributed by atoms with Crippen LogP contribution >= 0.6 is 22.9 Å². The zero-order valence-electron chi connectivity index (χ0n) is 14.2. The van der Waals surface area contributed by atoms with Crippen LogP contribution in [0.5, 0.6) is 5.88 Å². The molecule has 0 bridgehead atoms. The van der Waals surface area contributed by atoms with Gasteiger partial charge in [-0.25, -0.2) is 0 Å². The Labute approximate surface area is 160 Å². The first-order valence-electron chi connectivity index (χ1n) is 8.11. The second kappa shape index (κ2) is 6.59. The Morgan fingerprint density at radius 2 is 1.96 bits per heavy atom. The molecule has 1 aliphatic rings. The molecule has 2 aromatic carbocycles. The normalized spacial score (nSPS) is 14.4. The van der Waals surface area contributed by atoms with Crippen molar-refractivity contribution in [2.45, 2.75) is 13.8 Å². The average molecular weight is 382 g/mol. The van der Waals surface area contributed by atoms with E-state index in [0.29, 0.717) is 15.0 Å². The highest BCUT2D eigenvalue weighted by molar-refractivity contribution is 7.16. The maximum Gasteiger partial charge on any atom is 0.231 e. The summed E-state index contributed by atoms with van der Waals surface area (Å²) in [4.78, 5) is 9.51. The van der Waals surface area contributed by atoms with Gasteiger partial charge in [0.1, 0.15) is 0 Å². The van der Waals surface area contributed by atoms with E-state index in [-0.39, 0.29) is 5.88 Å². The van der Waals surface area contributed by atoms with Gasteiger partial charge in [0, 0.05) is 27.6 Å². The fourth-order valence-electron chi connectivity index (χ4n) is 2.90. The summed E-state index contributed by atoms with van der Waals surface area (Å²) in [6.45, 7) is 3.94. The Balaban J connectivity index is 1.67. The number of nitrogens with one attached hydrogen (secondary N) is 1. The predicted molar refractivity (Wildman–Crippen MR) is 110 cm³/mol. The molecule has 4 rings (SSSR count). The van der Waals surface area contributed by atoms with E-state index in [1.807, 2.05) is 62.4 Å². The molecule has 2 N–H and O–H groups in total. The summed E-state index contributed by atoms with van der Waals surface area (Å²) in [5.74, 6) is 0.00815. The molecule has 130 valence electrons. The third-order valence-electron chi connectivity index (χ3n) is 4.21. The van der Waals surface area contributed by atoms with Crippen molar-refractivity contribution in [1.82, 2.24) is 4.98 Å². The highest BCUT2D eigenvalue weighted by Gasteiger charge is 2.19. The molecule has 0 amide bonds. The van der Waals surface area contributed by atoms with E-state index in [9.17, 15) is 5.11 Å². The van der Waals surface area contributed by atoms with Gasteiger partial charge < -0.3 is 10.4 Å². The van der Waals surface area contributed by atoms with Gasteiger partial charge in [0.25, 0.3) is 0 Å². The molecular weight excluding hydrogens is 366 g/mol. The number of allylic oxidation sites excluding steroid dienone is 1. The van der Waals surface area contributed by atoms with Crippen molar-refractivity contribution < 1.29 is 5.11 Å². The van der Waals surface area contributed by atoms with Gasteiger partial charge in [-0.3, -0.25) is 4.99 Å². The number of fused-ring (bicyclic) bond motifs is 1. The molecule has 0 unspecified atom stereocenters. The predicted octanol–water partition coefficient (Wildman–Crippen LogP) is 6.20. The summed E-state index contributed by atoms with van der Waals surface area (Å²) >= 11 is 7.39. The lowest BCUT2D eigenvalue weighted by Gasteiger charge is -2.06. The van der Waals surface area contributed by atoms with Crippen LogP contribution in [0.2, 0.25) is 5.02 Å². The molecular formula is C20H16ClN3OS. The Kier molecular flexibility index (Phi) is 4.26. The van der Waals surface area contributed by atoms with E-state index in [2.05, 4.69) is 15.3 Å². The molecule has 0 aliphatic carbocycles. The molecule has 1 aliphatic heterocycles. The van der Waals surface area contributed by atoms with E-state index < -0.39 is 0 Å². The molecule has 0 fully saturated rings. The summed E-state index contributed by atoms with van der Waals surface area (Å²) < 4.78 is 0. The van der Waals surface area contributed by atoms with Gasteiger partial charge in [0.05, 0.1) is 10.6 Å². The van der Waals surface area contributed by atoms with Crippen molar-refractivity contribution >= 4 is 56.8 Å². The van der Waals surface area contributed by atoms with Crippen LogP contribution in [0.4, 0.5) is 16.5 Å². The first-order chi connectivity index (χ1) is 12.5. The lowest BCUT2D eigenvalue weighted by Crippen LogP contribution is -1.91. The number of nitrogens with zero attached hydrogens (tertiary/aromatic N) is 2. The molecule has 0 saturated heterocycles. The van der Waals surface area contributed by atoms with E-state index in [4.69, 9.17) is 11.6 Å². The van der Waals surface area contributed by atoms with Crippen LogP contribution in [-0.4, -0.2) is 15.8 Å². The van der Waals surface area contributed by atoms with Gasteiger partial charge >= 0.3 is 0 Å². The Bertz CT molecular complexity index is 1070. The van der Waals surface area contributed by atoms with Crippen molar-refractivity contribution in [3.8, 4) is 5.88 Å². The van der Waals surface area contributed by atoms with Crippen molar-refractivity contribution in [2.75, 3.05) is 5.32 Å². The summed E-state index contributed by atoms with van der Waals surface area (Å²) in [7, 11) is 0. The monoisotopic (exact) mass is 381 g/mol. The number of para-hydroxylation sites is 1. The topological polar surface area (TPSA) is 57.5 Å². The minimum atomic E-state index is 0.00815. The number of hydrogen-bond acceptors (Lipinski definition) is 5. The summed E-state index contributed by atoms with van der Waals surface area (Å²) in [5.41, 5.74) is 5.89. The van der Waals surface area contributed by atoms with Gasteiger partial charge in [0.15, 0.2) is 5.13 Å². The van der Waals surface area contributed by atoms with Gasteiger partial charge in [-0.05, 0) is 49.8 Å². The second-order valence-corrected chi connectivity index (χ2v) is 7.53. The van der Waals surface area contributed by atoms with Gasteiger partial charge in [0.2, 0.25) is 5.88 Å². The lowest BCUT2D eigenvalue weighted by molar-refractivity contribution is 0.457. The first kappa shape index (κ1) is 16.8. The number of rotatable bonds is 3. The maximum absolute atomic E-state index is 10.3. The quantitative estimate of drug-likeness (QED) is 0.567. The minimum Gasteiger partial charge on any atom is -0.492 e. The molecule has 2 heterocycles. The van der Waals surface area contributed by atoms with E-state index >= 15 is 0 Å². The second-order valence-electron chi connectivity index (χ2n) is 6.06. The standard InChI is InChI=1S/C20H16ClN3OS/c1-11-9-13(21)7-8-16(11)23-20-24-19(25)18(26-20)10-15-12(2)22-17-6-4-3-5-14(15)17/h3-10,25H,1-2H3,(H,23,24). The smallest absolute Gasteiger partial charge is 0.231 e. The number of benzene rings is 2.